The first-order valence-electron chi connectivity index (χ1n) is 5.78. The van der Waals surface area contributed by atoms with Gasteiger partial charge in [0.25, 0.3) is 0 Å². The lowest BCUT2D eigenvalue weighted by Gasteiger charge is -2.13. The highest BCUT2D eigenvalue weighted by Crippen LogP contribution is 2.20. The normalized spacial score (nSPS) is 10.6. The zero-order valence-corrected chi connectivity index (χ0v) is 10.7. The van der Waals surface area contributed by atoms with Crippen LogP contribution in [-0.2, 0) is 6.54 Å². The number of ether oxygens (including phenoxy) is 1. The molecule has 0 aromatic heterocycles. The first-order valence-corrected chi connectivity index (χ1v) is 5.78. The SMILES string of the molecule is C=C(C)COc1ccc(F)cc1CNC(C)C. The summed E-state index contributed by atoms with van der Waals surface area (Å²) in [5.74, 6) is 0.468. The average molecular weight is 237 g/mol. The fourth-order valence-corrected chi connectivity index (χ4v) is 1.34. The van der Waals surface area contributed by atoms with Gasteiger partial charge in [-0.2, -0.15) is 0 Å². The lowest BCUT2D eigenvalue weighted by Crippen LogP contribution is -2.22. The minimum absolute atomic E-state index is 0.242. The number of hydrogen-bond acceptors (Lipinski definition) is 2. The largest absolute Gasteiger partial charge is 0.489 e. The van der Waals surface area contributed by atoms with Crippen LogP contribution in [-0.4, -0.2) is 12.6 Å². The van der Waals surface area contributed by atoms with E-state index in [4.69, 9.17) is 4.74 Å². The second-order valence-corrected chi connectivity index (χ2v) is 4.53. The van der Waals surface area contributed by atoms with Gasteiger partial charge in [-0.05, 0) is 30.7 Å². The number of rotatable bonds is 6. The van der Waals surface area contributed by atoms with E-state index in [1.807, 2.05) is 20.8 Å². The Balaban J connectivity index is 2.76. The van der Waals surface area contributed by atoms with Crippen LogP contribution in [0.5, 0.6) is 5.75 Å². The van der Waals surface area contributed by atoms with Gasteiger partial charge < -0.3 is 10.1 Å². The van der Waals surface area contributed by atoms with Crippen molar-refractivity contribution in [1.29, 1.82) is 0 Å². The smallest absolute Gasteiger partial charge is 0.124 e. The predicted octanol–water partition coefficient (Wildman–Crippen LogP) is 3.28. The van der Waals surface area contributed by atoms with Gasteiger partial charge in [-0.3, -0.25) is 0 Å². The molecule has 1 aromatic rings. The zero-order valence-electron chi connectivity index (χ0n) is 10.7. The Hall–Kier alpha value is -1.35. The maximum Gasteiger partial charge on any atom is 0.124 e. The molecule has 0 spiro atoms. The van der Waals surface area contributed by atoms with Gasteiger partial charge in [0.15, 0.2) is 0 Å². The Morgan fingerprint density at radius 2 is 2.18 bits per heavy atom. The molecule has 0 saturated carbocycles. The first kappa shape index (κ1) is 13.7. The molecule has 0 aliphatic rings. The summed E-state index contributed by atoms with van der Waals surface area (Å²) in [5.41, 5.74) is 1.78. The van der Waals surface area contributed by atoms with E-state index >= 15 is 0 Å². The molecule has 1 rings (SSSR count). The van der Waals surface area contributed by atoms with Crippen LogP contribution in [0.2, 0.25) is 0 Å². The standard InChI is InChI=1S/C14H20FNO/c1-10(2)9-17-14-6-5-13(15)7-12(14)8-16-11(3)4/h5-7,11,16H,1,8-9H2,2-4H3. The summed E-state index contributed by atoms with van der Waals surface area (Å²) in [6.07, 6.45) is 0. The zero-order chi connectivity index (χ0) is 12.8. The van der Waals surface area contributed by atoms with Crippen LogP contribution in [0.15, 0.2) is 30.4 Å². The van der Waals surface area contributed by atoms with Crippen LogP contribution in [0.25, 0.3) is 0 Å². The van der Waals surface area contributed by atoms with Crippen molar-refractivity contribution in [3.8, 4) is 5.75 Å². The molecule has 0 atom stereocenters. The fourth-order valence-electron chi connectivity index (χ4n) is 1.34. The molecule has 17 heavy (non-hydrogen) atoms. The number of halogens is 1. The molecular formula is C14H20FNO. The summed E-state index contributed by atoms with van der Waals surface area (Å²) in [7, 11) is 0. The van der Waals surface area contributed by atoms with E-state index in [1.165, 1.54) is 12.1 Å². The third kappa shape index (κ3) is 5.00. The number of hydrogen-bond donors (Lipinski definition) is 1. The van der Waals surface area contributed by atoms with Crippen molar-refractivity contribution in [2.45, 2.75) is 33.4 Å². The summed E-state index contributed by atoms with van der Waals surface area (Å²) in [6.45, 7) is 10.8. The van der Waals surface area contributed by atoms with Crippen LogP contribution in [0, 0.1) is 5.82 Å². The molecule has 0 radical (unpaired) electrons. The molecule has 1 aromatic carbocycles. The van der Waals surface area contributed by atoms with E-state index in [0.29, 0.717) is 24.9 Å². The quantitative estimate of drug-likeness (QED) is 0.767. The summed E-state index contributed by atoms with van der Waals surface area (Å²) >= 11 is 0. The van der Waals surface area contributed by atoms with Crippen LogP contribution in [0.1, 0.15) is 26.3 Å². The molecule has 0 saturated heterocycles. The van der Waals surface area contributed by atoms with Crippen molar-refractivity contribution in [3.05, 3.63) is 41.7 Å². The van der Waals surface area contributed by atoms with Crippen molar-refractivity contribution >= 4 is 0 Å². The highest BCUT2D eigenvalue weighted by atomic mass is 19.1. The molecule has 0 aliphatic heterocycles. The first-order chi connectivity index (χ1) is 7.99. The van der Waals surface area contributed by atoms with Gasteiger partial charge in [0.1, 0.15) is 18.2 Å². The third-order valence-electron chi connectivity index (χ3n) is 2.20. The Morgan fingerprint density at radius 3 is 2.76 bits per heavy atom. The van der Waals surface area contributed by atoms with E-state index in [1.54, 1.807) is 6.07 Å². The van der Waals surface area contributed by atoms with Gasteiger partial charge in [-0.25, -0.2) is 4.39 Å². The summed E-state index contributed by atoms with van der Waals surface area (Å²) in [6, 6.07) is 4.93. The minimum Gasteiger partial charge on any atom is -0.489 e. The minimum atomic E-state index is -0.242. The van der Waals surface area contributed by atoms with Crippen LogP contribution >= 0.6 is 0 Å². The van der Waals surface area contributed by atoms with Gasteiger partial charge in [0, 0.05) is 18.2 Å². The maximum absolute atomic E-state index is 13.2. The summed E-state index contributed by atoms with van der Waals surface area (Å²) in [4.78, 5) is 0. The monoisotopic (exact) mass is 237 g/mol. The molecule has 1 N–H and O–H groups in total. The maximum atomic E-state index is 13.2. The van der Waals surface area contributed by atoms with E-state index in [0.717, 1.165) is 11.1 Å². The van der Waals surface area contributed by atoms with E-state index in [2.05, 4.69) is 11.9 Å². The molecular weight excluding hydrogens is 217 g/mol. The second-order valence-electron chi connectivity index (χ2n) is 4.53. The van der Waals surface area contributed by atoms with Crippen molar-refractivity contribution in [1.82, 2.24) is 5.32 Å². The van der Waals surface area contributed by atoms with Crippen molar-refractivity contribution in [2.24, 2.45) is 0 Å². The Morgan fingerprint density at radius 1 is 1.47 bits per heavy atom. The molecule has 3 heteroatoms. The Labute approximate surface area is 102 Å². The highest BCUT2D eigenvalue weighted by molar-refractivity contribution is 5.34. The van der Waals surface area contributed by atoms with Gasteiger partial charge >= 0.3 is 0 Å². The van der Waals surface area contributed by atoms with Crippen molar-refractivity contribution in [3.63, 3.8) is 0 Å². The summed E-state index contributed by atoms with van der Waals surface area (Å²) in [5, 5.41) is 3.25. The van der Waals surface area contributed by atoms with E-state index in [9.17, 15) is 4.39 Å². The van der Waals surface area contributed by atoms with Gasteiger partial charge in [-0.15, -0.1) is 0 Å². The molecule has 2 nitrogen and oxygen atoms in total. The third-order valence-corrected chi connectivity index (χ3v) is 2.20. The Bertz CT molecular complexity index is 388. The van der Waals surface area contributed by atoms with Crippen LogP contribution in [0.4, 0.5) is 4.39 Å². The topological polar surface area (TPSA) is 21.3 Å². The molecule has 0 unspecified atom stereocenters. The lowest BCUT2D eigenvalue weighted by atomic mass is 10.2. The van der Waals surface area contributed by atoms with E-state index in [-0.39, 0.29) is 5.82 Å². The molecule has 0 amide bonds. The highest BCUT2D eigenvalue weighted by Gasteiger charge is 2.06. The Kier molecular flexibility index (Phi) is 5.16. The molecule has 0 heterocycles. The molecule has 0 aliphatic carbocycles. The van der Waals surface area contributed by atoms with Gasteiger partial charge in [0.2, 0.25) is 0 Å². The molecule has 0 fully saturated rings. The number of nitrogens with one attached hydrogen (secondary N) is 1. The van der Waals surface area contributed by atoms with Gasteiger partial charge in [0.05, 0.1) is 0 Å². The lowest BCUT2D eigenvalue weighted by molar-refractivity contribution is 0.346. The predicted molar refractivity (Wildman–Crippen MR) is 68.7 cm³/mol. The van der Waals surface area contributed by atoms with Crippen molar-refractivity contribution in [2.75, 3.05) is 6.61 Å². The van der Waals surface area contributed by atoms with Gasteiger partial charge in [-0.1, -0.05) is 20.4 Å². The molecule has 0 bridgehead atoms. The summed E-state index contributed by atoms with van der Waals surface area (Å²) < 4.78 is 18.7. The van der Waals surface area contributed by atoms with Crippen molar-refractivity contribution < 1.29 is 9.13 Å². The average Bonchev–Trinajstić information content (AvgIpc) is 2.24. The second kappa shape index (κ2) is 6.40. The van der Waals surface area contributed by atoms with E-state index < -0.39 is 0 Å². The number of benzene rings is 1. The van der Waals surface area contributed by atoms with Crippen LogP contribution < -0.4 is 10.1 Å². The van der Waals surface area contributed by atoms with Crippen LogP contribution in [0.3, 0.4) is 0 Å². The molecule has 94 valence electrons. The fraction of sp³-hybridized carbons (Fsp3) is 0.429.